The van der Waals surface area contributed by atoms with E-state index in [-0.39, 0.29) is 5.82 Å². The molecule has 0 amide bonds. The monoisotopic (exact) mass is 338 g/mol. The molecule has 3 aromatic rings. The summed E-state index contributed by atoms with van der Waals surface area (Å²) in [5.74, 6) is 1.11. The van der Waals surface area contributed by atoms with Gasteiger partial charge in [-0.25, -0.2) is 14.1 Å². The maximum absolute atomic E-state index is 13.7. The van der Waals surface area contributed by atoms with Crippen molar-refractivity contribution in [2.24, 2.45) is 4.99 Å². The number of guanidine groups is 1. The summed E-state index contributed by atoms with van der Waals surface area (Å²) in [6, 6.07) is 12.4. The Morgan fingerprint density at radius 3 is 2.72 bits per heavy atom. The second kappa shape index (κ2) is 8.05. The number of hydrogen-bond acceptors (Lipinski definition) is 3. The van der Waals surface area contributed by atoms with Gasteiger partial charge in [0.1, 0.15) is 5.82 Å². The van der Waals surface area contributed by atoms with Crippen LogP contribution in [0.2, 0.25) is 0 Å². The Kier molecular flexibility index (Phi) is 5.36. The van der Waals surface area contributed by atoms with Crippen LogP contribution >= 0.6 is 0 Å². The van der Waals surface area contributed by atoms with E-state index in [0.717, 1.165) is 11.4 Å². The lowest BCUT2D eigenvalue weighted by molar-refractivity contribution is 0.604. The molecule has 3 rings (SSSR count). The quantitative estimate of drug-likeness (QED) is 0.553. The fourth-order valence-corrected chi connectivity index (χ4v) is 2.33. The zero-order valence-corrected chi connectivity index (χ0v) is 13.9. The minimum atomic E-state index is -0.233. The molecule has 0 bridgehead atoms. The highest BCUT2D eigenvalue weighted by atomic mass is 19.1. The van der Waals surface area contributed by atoms with Gasteiger partial charge in [0.2, 0.25) is 0 Å². The lowest BCUT2D eigenvalue weighted by Gasteiger charge is -2.13. The Balaban J connectivity index is 1.58. The van der Waals surface area contributed by atoms with Gasteiger partial charge in [-0.3, -0.25) is 4.99 Å². The van der Waals surface area contributed by atoms with E-state index in [4.69, 9.17) is 0 Å². The van der Waals surface area contributed by atoms with Crippen molar-refractivity contribution in [2.75, 3.05) is 7.05 Å². The molecule has 2 heterocycles. The third-order valence-corrected chi connectivity index (χ3v) is 3.64. The van der Waals surface area contributed by atoms with Gasteiger partial charge in [-0.2, -0.15) is 5.10 Å². The smallest absolute Gasteiger partial charge is 0.191 e. The van der Waals surface area contributed by atoms with E-state index in [1.807, 2.05) is 30.5 Å². The minimum Gasteiger partial charge on any atom is -0.352 e. The van der Waals surface area contributed by atoms with Gasteiger partial charge in [-0.05, 0) is 29.8 Å². The molecule has 6 nitrogen and oxygen atoms in total. The molecule has 0 radical (unpaired) electrons. The standard InChI is InChI=1S/C18H19FN6/c1-20-18(23-13-15-5-2-3-6-16(15)19)22-12-14-7-9-21-17(11-14)25-10-4-8-24-25/h2-11H,12-13H2,1H3,(H2,20,22,23). The molecule has 1 aromatic carbocycles. The van der Waals surface area contributed by atoms with E-state index in [2.05, 4.69) is 25.7 Å². The van der Waals surface area contributed by atoms with E-state index < -0.39 is 0 Å². The van der Waals surface area contributed by atoms with Gasteiger partial charge in [-0.15, -0.1) is 0 Å². The lowest BCUT2D eigenvalue weighted by atomic mass is 10.2. The lowest BCUT2D eigenvalue weighted by Crippen LogP contribution is -2.36. The average Bonchev–Trinajstić information content (AvgIpc) is 3.18. The van der Waals surface area contributed by atoms with Crippen LogP contribution in [0.4, 0.5) is 4.39 Å². The van der Waals surface area contributed by atoms with Crippen molar-refractivity contribution in [1.82, 2.24) is 25.4 Å². The van der Waals surface area contributed by atoms with Crippen molar-refractivity contribution < 1.29 is 4.39 Å². The second-order valence-corrected chi connectivity index (χ2v) is 5.34. The summed E-state index contributed by atoms with van der Waals surface area (Å²) in [6.07, 6.45) is 5.29. The summed E-state index contributed by atoms with van der Waals surface area (Å²) in [6.45, 7) is 0.926. The Morgan fingerprint density at radius 2 is 1.96 bits per heavy atom. The summed E-state index contributed by atoms with van der Waals surface area (Å²) in [5.41, 5.74) is 1.63. The molecule has 0 saturated carbocycles. The van der Waals surface area contributed by atoms with E-state index >= 15 is 0 Å². The van der Waals surface area contributed by atoms with Gasteiger partial charge < -0.3 is 10.6 Å². The predicted molar refractivity (Wildman–Crippen MR) is 94.8 cm³/mol. The highest BCUT2D eigenvalue weighted by Gasteiger charge is 2.04. The van der Waals surface area contributed by atoms with E-state index in [1.165, 1.54) is 6.07 Å². The van der Waals surface area contributed by atoms with E-state index in [9.17, 15) is 4.39 Å². The van der Waals surface area contributed by atoms with Crippen LogP contribution in [0.3, 0.4) is 0 Å². The fourth-order valence-electron chi connectivity index (χ4n) is 2.33. The van der Waals surface area contributed by atoms with Crippen LogP contribution in [0.15, 0.2) is 66.0 Å². The molecule has 128 valence electrons. The number of pyridine rings is 1. The average molecular weight is 338 g/mol. The summed E-state index contributed by atoms with van der Waals surface area (Å²) < 4.78 is 15.4. The van der Waals surface area contributed by atoms with Crippen LogP contribution in [-0.4, -0.2) is 27.8 Å². The number of aliphatic imine (C=N–C) groups is 1. The third-order valence-electron chi connectivity index (χ3n) is 3.64. The molecule has 0 spiro atoms. The number of rotatable bonds is 5. The highest BCUT2D eigenvalue weighted by Crippen LogP contribution is 2.07. The van der Waals surface area contributed by atoms with Crippen molar-refractivity contribution in [3.05, 3.63) is 78.0 Å². The topological polar surface area (TPSA) is 67.1 Å². The fraction of sp³-hybridized carbons (Fsp3) is 0.167. The van der Waals surface area contributed by atoms with Gasteiger partial charge in [0.15, 0.2) is 11.8 Å². The molecular weight excluding hydrogens is 319 g/mol. The maximum atomic E-state index is 13.7. The number of benzene rings is 1. The van der Waals surface area contributed by atoms with Gasteiger partial charge in [-0.1, -0.05) is 18.2 Å². The van der Waals surface area contributed by atoms with Crippen molar-refractivity contribution in [2.45, 2.75) is 13.1 Å². The normalized spacial score (nSPS) is 11.4. The molecular formula is C18H19FN6. The number of halogens is 1. The summed E-state index contributed by atoms with van der Waals surface area (Å²) in [5, 5.41) is 10.5. The molecule has 0 atom stereocenters. The zero-order chi connectivity index (χ0) is 17.5. The molecule has 0 fully saturated rings. The van der Waals surface area contributed by atoms with Crippen LogP contribution < -0.4 is 10.6 Å². The summed E-state index contributed by atoms with van der Waals surface area (Å²) in [4.78, 5) is 8.46. The number of hydrogen-bond donors (Lipinski definition) is 2. The van der Waals surface area contributed by atoms with Crippen LogP contribution in [0, 0.1) is 5.82 Å². The van der Waals surface area contributed by atoms with Gasteiger partial charge in [0.05, 0.1) is 0 Å². The predicted octanol–water partition coefficient (Wildman–Crippen LogP) is 2.27. The molecule has 0 aliphatic heterocycles. The summed E-state index contributed by atoms with van der Waals surface area (Å²) >= 11 is 0. The molecule has 7 heteroatoms. The van der Waals surface area contributed by atoms with Gasteiger partial charge in [0, 0.05) is 44.3 Å². The Morgan fingerprint density at radius 1 is 1.12 bits per heavy atom. The number of nitrogens with zero attached hydrogens (tertiary/aromatic N) is 4. The number of nitrogens with one attached hydrogen (secondary N) is 2. The third kappa shape index (κ3) is 4.41. The Labute approximate surface area is 145 Å². The second-order valence-electron chi connectivity index (χ2n) is 5.34. The molecule has 2 N–H and O–H groups in total. The SMILES string of the molecule is CN=C(NCc1ccnc(-n2cccn2)c1)NCc1ccccc1F. The maximum Gasteiger partial charge on any atom is 0.191 e. The van der Waals surface area contributed by atoms with Crippen molar-refractivity contribution in [3.63, 3.8) is 0 Å². The Bertz CT molecular complexity index is 844. The summed E-state index contributed by atoms with van der Waals surface area (Å²) in [7, 11) is 1.68. The van der Waals surface area contributed by atoms with Crippen LogP contribution in [0.5, 0.6) is 0 Å². The molecule has 2 aromatic heterocycles. The molecule has 25 heavy (non-hydrogen) atoms. The first-order chi connectivity index (χ1) is 12.3. The Hall–Kier alpha value is -3.22. The highest BCUT2D eigenvalue weighted by molar-refractivity contribution is 5.79. The van der Waals surface area contributed by atoms with Crippen molar-refractivity contribution in [1.29, 1.82) is 0 Å². The van der Waals surface area contributed by atoms with Gasteiger partial charge in [0.25, 0.3) is 0 Å². The minimum absolute atomic E-state index is 0.233. The number of aromatic nitrogens is 3. The van der Waals surface area contributed by atoms with Crippen LogP contribution in [0.1, 0.15) is 11.1 Å². The van der Waals surface area contributed by atoms with Gasteiger partial charge >= 0.3 is 0 Å². The molecule has 0 aliphatic carbocycles. The molecule has 0 aliphatic rings. The largest absolute Gasteiger partial charge is 0.352 e. The first kappa shape index (κ1) is 16.6. The van der Waals surface area contributed by atoms with E-state index in [0.29, 0.717) is 24.6 Å². The first-order valence-corrected chi connectivity index (χ1v) is 7.89. The molecule has 0 saturated heterocycles. The van der Waals surface area contributed by atoms with Crippen LogP contribution in [-0.2, 0) is 13.1 Å². The first-order valence-electron chi connectivity index (χ1n) is 7.89. The van der Waals surface area contributed by atoms with Crippen molar-refractivity contribution in [3.8, 4) is 5.82 Å². The zero-order valence-electron chi connectivity index (χ0n) is 13.9. The molecule has 0 unspecified atom stereocenters. The van der Waals surface area contributed by atoms with Crippen LogP contribution in [0.25, 0.3) is 5.82 Å². The van der Waals surface area contributed by atoms with Crippen molar-refractivity contribution >= 4 is 5.96 Å². The van der Waals surface area contributed by atoms with E-state index in [1.54, 1.807) is 36.3 Å².